The van der Waals surface area contributed by atoms with E-state index in [9.17, 15) is 14.7 Å². The summed E-state index contributed by atoms with van der Waals surface area (Å²) in [4.78, 5) is 26.8. The van der Waals surface area contributed by atoms with Crippen LogP contribution in [0.2, 0.25) is 0 Å². The van der Waals surface area contributed by atoms with Crippen molar-refractivity contribution in [2.75, 3.05) is 27.3 Å². The van der Waals surface area contributed by atoms with Gasteiger partial charge in [-0.25, -0.2) is 0 Å². The molecule has 1 amide bonds. The van der Waals surface area contributed by atoms with E-state index in [1.165, 1.54) is 4.90 Å². The van der Waals surface area contributed by atoms with Gasteiger partial charge in [0.2, 0.25) is 5.78 Å². The molecule has 4 aromatic rings. The first-order valence-corrected chi connectivity index (χ1v) is 11.4. The molecule has 3 aromatic carbocycles. The smallest absolute Gasteiger partial charge is 0.259 e. The maximum atomic E-state index is 13.6. The van der Waals surface area contributed by atoms with Crippen molar-refractivity contribution in [2.24, 2.45) is 0 Å². The minimum absolute atomic E-state index is 0.0817. The van der Waals surface area contributed by atoms with E-state index < -0.39 is 0 Å². The van der Waals surface area contributed by atoms with Crippen LogP contribution in [0.15, 0.2) is 65.1 Å². The summed E-state index contributed by atoms with van der Waals surface area (Å²) in [5, 5.41) is 10.6. The Morgan fingerprint density at radius 1 is 1.03 bits per heavy atom. The van der Waals surface area contributed by atoms with Crippen LogP contribution in [0.4, 0.5) is 0 Å². The Balaban J connectivity index is 1.53. The van der Waals surface area contributed by atoms with Gasteiger partial charge in [-0.15, -0.1) is 0 Å². The largest absolute Gasteiger partial charge is 0.508 e. The fourth-order valence-electron chi connectivity index (χ4n) is 4.13. The topological polar surface area (TPSA) is 89.2 Å². The van der Waals surface area contributed by atoms with Crippen LogP contribution >= 0.6 is 0 Å². The monoisotopic (exact) mass is 471 g/mol. The Morgan fingerprint density at radius 2 is 1.77 bits per heavy atom. The number of fused-ring (bicyclic) bond motifs is 2. The highest BCUT2D eigenvalue weighted by atomic mass is 16.5. The molecule has 1 aromatic heterocycles. The molecule has 0 unspecified atom stereocenters. The number of rotatable bonds is 6. The highest BCUT2D eigenvalue weighted by Gasteiger charge is 2.25. The SMILES string of the molecule is CN(C)C(=O)COc1ccc(C(=O)c2oc3cc4c(cc3c2-c2ccc(O)cc2)CCCO4)cc1. The molecule has 178 valence electrons. The number of carbonyl (C=O) groups is 2. The Kier molecular flexibility index (Phi) is 5.91. The first-order chi connectivity index (χ1) is 16.9. The summed E-state index contributed by atoms with van der Waals surface area (Å²) >= 11 is 0. The maximum absolute atomic E-state index is 13.6. The molecule has 0 bridgehead atoms. The van der Waals surface area contributed by atoms with Gasteiger partial charge in [-0.05, 0) is 66.4 Å². The van der Waals surface area contributed by atoms with E-state index in [-0.39, 0.29) is 29.8 Å². The van der Waals surface area contributed by atoms with E-state index in [0.717, 1.165) is 35.1 Å². The highest BCUT2D eigenvalue weighted by molar-refractivity contribution is 6.16. The van der Waals surface area contributed by atoms with E-state index in [1.807, 2.05) is 12.1 Å². The van der Waals surface area contributed by atoms with Gasteiger partial charge in [0.05, 0.1) is 6.61 Å². The van der Waals surface area contributed by atoms with E-state index in [1.54, 1.807) is 62.6 Å². The molecule has 5 rings (SSSR count). The summed E-state index contributed by atoms with van der Waals surface area (Å²) < 4.78 is 17.4. The number of likely N-dealkylation sites (N-methyl/N-ethyl adjacent to an activating group) is 1. The lowest BCUT2D eigenvalue weighted by molar-refractivity contribution is -0.130. The molecule has 0 aliphatic carbocycles. The summed E-state index contributed by atoms with van der Waals surface area (Å²) in [5.74, 6) is 1.19. The van der Waals surface area contributed by atoms with E-state index in [4.69, 9.17) is 13.9 Å². The van der Waals surface area contributed by atoms with Crippen LogP contribution < -0.4 is 9.47 Å². The zero-order valence-corrected chi connectivity index (χ0v) is 19.5. The van der Waals surface area contributed by atoms with Gasteiger partial charge in [0, 0.05) is 36.7 Å². The number of carbonyl (C=O) groups excluding carboxylic acids is 2. The van der Waals surface area contributed by atoms with Crippen LogP contribution in [0.1, 0.15) is 28.1 Å². The van der Waals surface area contributed by atoms with Crippen molar-refractivity contribution in [1.82, 2.24) is 4.90 Å². The standard InChI is InChI=1S/C28H25NO6/c1-29(2)25(31)16-34-21-11-7-18(8-12-21)27(32)28-26(17-5-9-20(30)10-6-17)22-14-19-4-3-13-33-23(19)15-24(22)35-28/h5-12,14-15,30H,3-4,13,16H2,1-2H3. The van der Waals surface area contributed by atoms with Crippen molar-refractivity contribution in [1.29, 1.82) is 0 Å². The van der Waals surface area contributed by atoms with Gasteiger partial charge in [-0.3, -0.25) is 9.59 Å². The predicted molar refractivity (Wildman–Crippen MR) is 131 cm³/mol. The second-order valence-electron chi connectivity index (χ2n) is 8.69. The van der Waals surface area contributed by atoms with Crippen molar-refractivity contribution in [3.8, 4) is 28.4 Å². The molecule has 0 spiro atoms. The second kappa shape index (κ2) is 9.18. The number of phenols is 1. The summed E-state index contributed by atoms with van der Waals surface area (Å²) in [6, 6.07) is 17.2. The van der Waals surface area contributed by atoms with Crippen LogP contribution in [0.3, 0.4) is 0 Å². The lowest BCUT2D eigenvalue weighted by Gasteiger charge is -2.16. The number of hydrogen-bond donors (Lipinski definition) is 1. The molecule has 0 saturated carbocycles. The van der Waals surface area contributed by atoms with Gasteiger partial charge in [0.15, 0.2) is 12.4 Å². The zero-order chi connectivity index (χ0) is 24.5. The summed E-state index contributed by atoms with van der Waals surface area (Å²) in [6.07, 6.45) is 1.83. The highest BCUT2D eigenvalue weighted by Crippen LogP contribution is 2.40. The van der Waals surface area contributed by atoms with Crippen LogP contribution in [0.5, 0.6) is 17.2 Å². The number of hydrogen-bond acceptors (Lipinski definition) is 6. The van der Waals surface area contributed by atoms with Crippen molar-refractivity contribution in [3.05, 3.63) is 77.6 Å². The van der Waals surface area contributed by atoms with Crippen LogP contribution in [-0.2, 0) is 11.2 Å². The van der Waals surface area contributed by atoms with Crippen LogP contribution in [-0.4, -0.2) is 49.0 Å². The molecule has 2 heterocycles. The molecule has 0 atom stereocenters. The average Bonchev–Trinajstić information content (AvgIpc) is 3.24. The fourth-order valence-corrected chi connectivity index (χ4v) is 4.13. The molecular weight excluding hydrogens is 446 g/mol. The molecule has 1 N–H and O–H groups in total. The number of aromatic hydroxyl groups is 1. The van der Waals surface area contributed by atoms with Gasteiger partial charge in [-0.2, -0.15) is 0 Å². The van der Waals surface area contributed by atoms with Gasteiger partial charge in [0.1, 0.15) is 22.8 Å². The summed E-state index contributed by atoms with van der Waals surface area (Å²) in [5.41, 5.74) is 3.52. The molecule has 0 radical (unpaired) electrons. The molecule has 0 saturated heterocycles. The average molecular weight is 472 g/mol. The molecule has 1 aliphatic heterocycles. The quantitative estimate of drug-likeness (QED) is 0.405. The Morgan fingerprint density at radius 3 is 2.49 bits per heavy atom. The first-order valence-electron chi connectivity index (χ1n) is 11.4. The maximum Gasteiger partial charge on any atom is 0.259 e. The summed E-state index contributed by atoms with van der Waals surface area (Å²) in [6.45, 7) is 0.575. The minimum atomic E-state index is -0.279. The Hall–Kier alpha value is -4.26. The molecular formula is C28H25NO6. The normalized spacial score (nSPS) is 12.6. The van der Waals surface area contributed by atoms with Crippen molar-refractivity contribution >= 4 is 22.7 Å². The first kappa shape index (κ1) is 22.5. The number of ether oxygens (including phenoxy) is 2. The number of amides is 1. The molecule has 1 aliphatic rings. The van der Waals surface area contributed by atoms with Crippen molar-refractivity contribution in [2.45, 2.75) is 12.8 Å². The third kappa shape index (κ3) is 4.45. The van der Waals surface area contributed by atoms with Crippen LogP contribution in [0, 0.1) is 0 Å². The molecule has 0 fully saturated rings. The van der Waals surface area contributed by atoms with Gasteiger partial charge in [-0.1, -0.05) is 12.1 Å². The predicted octanol–water partition coefficient (Wildman–Crippen LogP) is 4.83. The Bertz CT molecular complexity index is 1400. The number of furan rings is 1. The number of aryl methyl sites for hydroxylation is 1. The molecule has 7 heteroatoms. The number of phenolic OH excluding ortho intramolecular Hbond substituents is 1. The van der Waals surface area contributed by atoms with Gasteiger partial charge in [0.25, 0.3) is 5.91 Å². The minimum Gasteiger partial charge on any atom is -0.508 e. The third-order valence-corrected chi connectivity index (χ3v) is 6.06. The molecule has 7 nitrogen and oxygen atoms in total. The number of ketones is 1. The fraction of sp³-hybridized carbons (Fsp3) is 0.214. The molecule has 35 heavy (non-hydrogen) atoms. The second-order valence-corrected chi connectivity index (χ2v) is 8.69. The van der Waals surface area contributed by atoms with E-state index in [0.29, 0.717) is 29.1 Å². The third-order valence-electron chi connectivity index (χ3n) is 6.06. The van der Waals surface area contributed by atoms with E-state index >= 15 is 0 Å². The Labute approximate surface area is 202 Å². The van der Waals surface area contributed by atoms with Gasteiger partial charge < -0.3 is 23.9 Å². The zero-order valence-electron chi connectivity index (χ0n) is 19.5. The summed E-state index contributed by atoms with van der Waals surface area (Å²) in [7, 11) is 3.32. The van der Waals surface area contributed by atoms with Crippen molar-refractivity contribution in [3.63, 3.8) is 0 Å². The van der Waals surface area contributed by atoms with E-state index in [2.05, 4.69) is 0 Å². The van der Waals surface area contributed by atoms with Crippen LogP contribution in [0.25, 0.3) is 22.1 Å². The van der Waals surface area contributed by atoms with Gasteiger partial charge >= 0.3 is 0 Å². The van der Waals surface area contributed by atoms with Crippen molar-refractivity contribution < 1.29 is 28.6 Å². The lowest BCUT2D eigenvalue weighted by Crippen LogP contribution is -2.27. The lowest BCUT2D eigenvalue weighted by atomic mass is 9.95. The number of benzene rings is 3. The number of nitrogens with zero attached hydrogens (tertiary/aromatic N) is 1.